The highest BCUT2D eigenvalue weighted by molar-refractivity contribution is 6.05. The Hall–Kier alpha value is -4.98. The molecule has 6 rings (SSSR count). The lowest BCUT2D eigenvalue weighted by atomic mass is 10.0. The monoisotopic (exact) mass is 460 g/mol. The van der Waals surface area contributed by atoms with Crippen LogP contribution in [0.1, 0.15) is 0 Å². The molecule has 0 saturated carbocycles. The number of hydrogen-bond acceptors (Lipinski definition) is 4. The Morgan fingerprint density at radius 1 is 1.00 bits per heavy atom. The maximum absolute atomic E-state index is 13.3. The van der Waals surface area contributed by atoms with Crippen LogP contribution in [-0.2, 0) is 11.8 Å². The molecule has 170 valence electrons. The van der Waals surface area contributed by atoms with E-state index < -0.39 is 0 Å². The van der Waals surface area contributed by atoms with E-state index in [2.05, 4.69) is 22.1 Å². The zero-order valence-electron chi connectivity index (χ0n) is 18.8. The molecule has 2 aromatic carbocycles. The minimum absolute atomic E-state index is 0.163. The maximum atomic E-state index is 13.3. The van der Waals surface area contributed by atoms with Gasteiger partial charge in [0.25, 0.3) is 11.5 Å². The van der Waals surface area contributed by atoms with Gasteiger partial charge in [-0.05, 0) is 48.0 Å². The van der Waals surface area contributed by atoms with Crippen molar-refractivity contribution < 1.29 is 4.79 Å². The molecule has 0 aliphatic heterocycles. The first-order valence-corrected chi connectivity index (χ1v) is 11.0. The largest absolute Gasteiger partial charge is 0.276 e. The molecule has 4 heterocycles. The lowest BCUT2D eigenvalue weighted by Gasteiger charge is -2.14. The molecule has 1 N–H and O–H groups in total. The van der Waals surface area contributed by atoms with Crippen LogP contribution in [0.3, 0.4) is 0 Å². The third-order valence-corrected chi connectivity index (χ3v) is 6.11. The number of aromatic nitrogens is 5. The van der Waals surface area contributed by atoms with Gasteiger partial charge in [0, 0.05) is 53.4 Å². The molecule has 0 fully saturated rings. The van der Waals surface area contributed by atoms with Crippen molar-refractivity contribution in [2.75, 3.05) is 5.43 Å². The summed E-state index contributed by atoms with van der Waals surface area (Å²) in [6, 6.07) is 17.0. The average Bonchev–Trinajstić information content (AvgIpc) is 3.49. The predicted molar refractivity (Wildman–Crippen MR) is 137 cm³/mol. The van der Waals surface area contributed by atoms with Gasteiger partial charge in [0.1, 0.15) is 0 Å². The van der Waals surface area contributed by atoms with Gasteiger partial charge in [0.2, 0.25) is 0 Å². The zero-order chi connectivity index (χ0) is 24.1. The Balaban J connectivity index is 1.63. The first kappa shape index (κ1) is 20.6. The van der Waals surface area contributed by atoms with Crippen molar-refractivity contribution in [3.05, 3.63) is 102 Å². The molecule has 35 heavy (non-hydrogen) atoms. The van der Waals surface area contributed by atoms with Crippen LogP contribution in [0.15, 0.2) is 96.8 Å². The van der Waals surface area contributed by atoms with E-state index in [0.29, 0.717) is 5.69 Å². The fourth-order valence-corrected chi connectivity index (χ4v) is 4.44. The molecule has 4 aromatic heterocycles. The number of amides is 1. The van der Waals surface area contributed by atoms with Crippen LogP contribution in [0.5, 0.6) is 0 Å². The average molecular weight is 460 g/mol. The van der Waals surface area contributed by atoms with Crippen LogP contribution in [0.2, 0.25) is 0 Å². The molecule has 1 amide bonds. The van der Waals surface area contributed by atoms with Crippen molar-refractivity contribution in [1.29, 1.82) is 0 Å². The van der Waals surface area contributed by atoms with Crippen LogP contribution >= 0.6 is 0 Å². The van der Waals surface area contributed by atoms with Crippen LogP contribution in [0.25, 0.3) is 49.5 Å². The van der Waals surface area contributed by atoms with Gasteiger partial charge < -0.3 is 0 Å². The number of nitrogens with one attached hydrogen (secondary N) is 1. The van der Waals surface area contributed by atoms with Gasteiger partial charge >= 0.3 is 0 Å². The maximum Gasteiger partial charge on any atom is 0.262 e. The molecule has 0 bridgehead atoms. The van der Waals surface area contributed by atoms with E-state index in [1.54, 1.807) is 38.5 Å². The minimum Gasteiger partial charge on any atom is -0.276 e. The van der Waals surface area contributed by atoms with Crippen LogP contribution < -0.4 is 11.0 Å². The van der Waals surface area contributed by atoms with Crippen molar-refractivity contribution >= 4 is 38.6 Å². The van der Waals surface area contributed by atoms with E-state index in [1.165, 1.54) is 6.08 Å². The van der Waals surface area contributed by atoms with E-state index in [0.717, 1.165) is 43.8 Å². The van der Waals surface area contributed by atoms with Gasteiger partial charge in [0.15, 0.2) is 0 Å². The SMILES string of the molecule is C=CC(=O)Nn1ccc2ccc(-n3c(=O)ccc4cnc5ccc(-c6cnn(C)c6)cc5c43)cc21. The number of hydrogen-bond donors (Lipinski definition) is 1. The predicted octanol–water partition coefficient (Wildman–Crippen LogP) is 4.15. The lowest BCUT2D eigenvalue weighted by molar-refractivity contribution is -0.112. The molecule has 0 atom stereocenters. The van der Waals surface area contributed by atoms with Gasteiger partial charge in [-0.2, -0.15) is 5.10 Å². The molecular formula is C27H20N6O2. The first-order valence-electron chi connectivity index (χ1n) is 11.0. The molecule has 0 aliphatic carbocycles. The summed E-state index contributed by atoms with van der Waals surface area (Å²) in [5.74, 6) is -0.324. The fraction of sp³-hybridized carbons (Fsp3) is 0.0370. The molecular weight excluding hydrogens is 440 g/mol. The Morgan fingerprint density at radius 3 is 2.66 bits per heavy atom. The normalized spacial score (nSPS) is 11.3. The summed E-state index contributed by atoms with van der Waals surface area (Å²) in [4.78, 5) is 29.8. The number of rotatable bonds is 4. The van der Waals surface area contributed by atoms with Crippen molar-refractivity contribution in [2.45, 2.75) is 0 Å². The second-order valence-electron chi connectivity index (χ2n) is 8.31. The molecule has 0 aliphatic rings. The number of carbonyl (C=O) groups is 1. The van der Waals surface area contributed by atoms with E-state index in [4.69, 9.17) is 0 Å². The van der Waals surface area contributed by atoms with Crippen molar-refractivity contribution in [3.63, 3.8) is 0 Å². The van der Waals surface area contributed by atoms with Crippen LogP contribution in [0.4, 0.5) is 0 Å². The lowest BCUT2D eigenvalue weighted by Crippen LogP contribution is -2.20. The molecule has 0 saturated heterocycles. The van der Waals surface area contributed by atoms with Crippen molar-refractivity contribution in [1.82, 2.24) is 24.0 Å². The Kier molecular flexibility index (Phi) is 4.60. The van der Waals surface area contributed by atoms with Gasteiger partial charge in [-0.25, -0.2) is 0 Å². The number of carbonyl (C=O) groups excluding carboxylic acids is 1. The second-order valence-corrected chi connectivity index (χ2v) is 8.31. The van der Waals surface area contributed by atoms with E-state index in [-0.39, 0.29) is 11.5 Å². The highest BCUT2D eigenvalue weighted by Crippen LogP contribution is 2.30. The van der Waals surface area contributed by atoms with Crippen LogP contribution in [-0.4, -0.2) is 29.9 Å². The van der Waals surface area contributed by atoms with Gasteiger partial charge in [-0.15, -0.1) is 0 Å². The summed E-state index contributed by atoms with van der Waals surface area (Å²) in [5, 5.41) is 6.91. The quantitative estimate of drug-likeness (QED) is 0.316. The number of fused-ring (bicyclic) bond motifs is 4. The van der Waals surface area contributed by atoms with Gasteiger partial charge in [-0.1, -0.05) is 18.7 Å². The zero-order valence-corrected chi connectivity index (χ0v) is 18.8. The number of benzene rings is 2. The molecule has 8 heteroatoms. The Morgan fingerprint density at radius 2 is 1.86 bits per heavy atom. The minimum atomic E-state index is -0.324. The molecule has 0 radical (unpaired) electrons. The van der Waals surface area contributed by atoms with Crippen LogP contribution in [0, 0.1) is 0 Å². The van der Waals surface area contributed by atoms with Crippen molar-refractivity contribution in [2.24, 2.45) is 7.05 Å². The van der Waals surface area contributed by atoms with E-state index in [1.807, 2.05) is 61.9 Å². The van der Waals surface area contributed by atoms with E-state index >= 15 is 0 Å². The standard InChI is InChI=1S/C27H20N6O2/c1-3-25(34)30-32-11-10-17-4-7-21(13-24(17)32)33-26(35)9-6-19-14-28-23-8-5-18(12-22(23)27(19)33)20-15-29-31(2)16-20/h3-16H,1H2,2H3,(H,30,34). The summed E-state index contributed by atoms with van der Waals surface area (Å²) in [7, 11) is 1.88. The summed E-state index contributed by atoms with van der Waals surface area (Å²) in [6.07, 6.45) is 8.52. The Bertz CT molecular complexity index is 1860. The number of nitrogens with zero attached hydrogens (tertiary/aromatic N) is 5. The number of aryl methyl sites for hydroxylation is 1. The molecule has 0 unspecified atom stereocenters. The van der Waals surface area contributed by atoms with Crippen molar-refractivity contribution in [3.8, 4) is 16.8 Å². The second kappa shape index (κ2) is 7.81. The first-order chi connectivity index (χ1) is 17.0. The summed E-state index contributed by atoms with van der Waals surface area (Å²) in [5.41, 5.74) is 7.55. The summed E-state index contributed by atoms with van der Waals surface area (Å²) in [6.45, 7) is 3.51. The fourth-order valence-electron chi connectivity index (χ4n) is 4.44. The summed E-state index contributed by atoms with van der Waals surface area (Å²) >= 11 is 0. The summed E-state index contributed by atoms with van der Waals surface area (Å²) < 4.78 is 5.07. The molecule has 6 aromatic rings. The molecule has 0 spiro atoms. The van der Waals surface area contributed by atoms with Gasteiger partial charge in [-0.3, -0.25) is 33.9 Å². The van der Waals surface area contributed by atoms with E-state index in [9.17, 15) is 9.59 Å². The highest BCUT2D eigenvalue weighted by atomic mass is 16.2. The smallest absolute Gasteiger partial charge is 0.262 e. The number of pyridine rings is 2. The third kappa shape index (κ3) is 3.39. The molecule has 8 nitrogen and oxygen atoms in total. The third-order valence-electron chi connectivity index (χ3n) is 6.11. The van der Waals surface area contributed by atoms with Gasteiger partial charge in [0.05, 0.1) is 28.4 Å². The topological polar surface area (TPSA) is 86.7 Å². The Labute approximate surface area is 199 Å². The highest BCUT2D eigenvalue weighted by Gasteiger charge is 2.13.